The molecule has 2 aliphatic rings. The number of piperidine rings is 1. The molecule has 4 aromatic rings. The van der Waals surface area contributed by atoms with E-state index < -0.39 is 10.0 Å². The molecule has 184 valence electrons. The molecule has 0 aliphatic carbocycles. The molecule has 3 heterocycles. The Morgan fingerprint density at radius 2 is 1.56 bits per heavy atom. The van der Waals surface area contributed by atoms with Gasteiger partial charge in [0.25, 0.3) is 0 Å². The Morgan fingerprint density at radius 1 is 0.833 bits per heavy atom. The molecular formula is C29H30N4O2S. The molecule has 0 N–H and O–H groups in total. The van der Waals surface area contributed by atoms with Crippen LogP contribution < -0.4 is 4.90 Å². The van der Waals surface area contributed by atoms with E-state index in [1.165, 1.54) is 0 Å². The van der Waals surface area contributed by atoms with Gasteiger partial charge in [0, 0.05) is 49.1 Å². The van der Waals surface area contributed by atoms with Crippen LogP contribution in [0.2, 0.25) is 0 Å². The van der Waals surface area contributed by atoms with Crippen LogP contribution in [0.1, 0.15) is 31.0 Å². The largest absolute Gasteiger partial charge is 0.356 e. The van der Waals surface area contributed by atoms with Crippen molar-refractivity contribution in [2.75, 3.05) is 24.5 Å². The third kappa shape index (κ3) is 4.16. The molecule has 0 atom stereocenters. The summed E-state index contributed by atoms with van der Waals surface area (Å²) in [6.07, 6.45) is 2.79. The minimum Gasteiger partial charge on any atom is -0.356 e. The molecule has 2 aliphatic heterocycles. The minimum atomic E-state index is -3.69. The van der Waals surface area contributed by atoms with Gasteiger partial charge in [-0.25, -0.2) is 18.4 Å². The summed E-state index contributed by atoms with van der Waals surface area (Å²) in [5.41, 5.74) is 2.89. The highest BCUT2D eigenvalue weighted by Gasteiger charge is 2.33. The molecule has 1 aromatic heterocycles. The summed E-state index contributed by atoms with van der Waals surface area (Å²) < 4.78 is 29.4. The van der Waals surface area contributed by atoms with Gasteiger partial charge in [0.05, 0.1) is 10.6 Å². The van der Waals surface area contributed by atoms with E-state index >= 15 is 0 Å². The summed E-state index contributed by atoms with van der Waals surface area (Å²) in [4.78, 5) is 12.7. The van der Waals surface area contributed by atoms with Crippen molar-refractivity contribution < 1.29 is 8.42 Å². The van der Waals surface area contributed by atoms with Gasteiger partial charge in [-0.1, -0.05) is 73.7 Å². The monoisotopic (exact) mass is 498 g/mol. The maximum Gasteiger partial charge on any atom is 0.244 e. The lowest BCUT2D eigenvalue weighted by molar-refractivity contribution is 0.384. The van der Waals surface area contributed by atoms with Crippen LogP contribution in [0, 0.1) is 5.92 Å². The van der Waals surface area contributed by atoms with E-state index in [-0.39, 0.29) is 6.54 Å². The summed E-state index contributed by atoms with van der Waals surface area (Å²) in [6, 6.07) is 23.2. The van der Waals surface area contributed by atoms with Crippen molar-refractivity contribution in [3.8, 4) is 11.4 Å². The summed E-state index contributed by atoms with van der Waals surface area (Å²) in [6.45, 7) is 4.84. The summed E-state index contributed by atoms with van der Waals surface area (Å²) >= 11 is 0. The Hall–Kier alpha value is -3.29. The predicted molar refractivity (Wildman–Crippen MR) is 143 cm³/mol. The molecule has 0 saturated carbocycles. The quantitative estimate of drug-likeness (QED) is 0.383. The Bertz CT molecular complexity index is 1510. The second-order valence-corrected chi connectivity index (χ2v) is 11.8. The van der Waals surface area contributed by atoms with Crippen LogP contribution in [-0.2, 0) is 23.0 Å². The minimum absolute atomic E-state index is 0.289. The zero-order valence-electron chi connectivity index (χ0n) is 20.5. The lowest BCUT2D eigenvalue weighted by atomic mass is 9.98. The fourth-order valence-corrected chi connectivity index (χ4v) is 6.96. The number of rotatable bonds is 4. The highest BCUT2D eigenvalue weighted by Crippen LogP contribution is 2.35. The van der Waals surface area contributed by atoms with Gasteiger partial charge in [0.1, 0.15) is 5.82 Å². The fourth-order valence-electron chi connectivity index (χ4n) is 5.34. The van der Waals surface area contributed by atoms with Crippen LogP contribution in [0.15, 0.2) is 77.7 Å². The van der Waals surface area contributed by atoms with Crippen LogP contribution in [0.3, 0.4) is 0 Å². The maximum absolute atomic E-state index is 13.9. The zero-order chi connectivity index (χ0) is 24.7. The Kier molecular flexibility index (Phi) is 5.97. The number of nitrogens with zero attached hydrogens (tertiary/aromatic N) is 4. The first kappa shape index (κ1) is 23.1. The van der Waals surface area contributed by atoms with Crippen LogP contribution in [0.4, 0.5) is 5.82 Å². The van der Waals surface area contributed by atoms with Gasteiger partial charge in [0.15, 0.2) is 5.82 Å². The first-order valence-electron chi connectivity index (χ1n) is 12.7. The van der Waals surface area contributed by atoms with E-state index in [9.17, 15) is 8.42 Å². The van der Waals surface area contributed by atoms with Gasteiger partial charge >= 0.3 is 0 Å². The van der Waals surface area contributed by atoms with Crippen LogP contribution in [0.5, 0.6) is 0 Å². The van der Waals surface area contributed by atoms with Gasteiger partial charge in [-0.3, -0.25) is 0 Å². The normalized spacial score (nSPS) is 17.3. The first-order valence-corrected chi connectivity index (χ1v) is 14.1. The van der Waals surface area contributed by atoms with Crippen LogP contribution >= 0.6 is 0 Å². The fraction of sp³-hybridized carbons (Fsp3) is 0.310. The van der Waals surface area contributed by atoms with E-state index in [1.54, 1.807) is 10.4 Å². The average molecular weight is 499 g/mol. The molecule has 6 rings (SSSR count). The van der Waals surface area contributed by atoms with Gasteiger partial charge in [-0.05, 0) is 30.2 Å². The van der Waals surface area contributed by atoms with Crippen molar-refractivity contribution in [2.45, 2.75) is 37.6 Å². The van der Waals surface area contributed by atoms with Crippen molar-refractivity contribution in [3.63, 3.8) is 0 Å². The number of aromatic nitrogens is 2. The number of anilines is 1. The molecule has 1 fully saturated rings. The molecule has 36 heavy (non-hydrogen) atoms. The van der Waals surface area contributed by atoms with E-state index in [2.05, 4.69) is 11.8 Å². The van der Waals surface area contributed by atoms with E-state index in [0.717, 1.165) is 59.3 Å². The summed E-state index contributed by atoms with van der Waals surface area (Å²) in [5.74, 6) is 2.30. The number of sulfonamides is 1. The van der Waals surface area contributed by atoms with Crippen molar-refractivity contribution >= 4 is 26.6 Å². The average Bonchev–Trinajstić information content (AvgIpc) is 2.92. The Labute approximate surface area is 212 Å². The predicted octanol–water partition coefficient (Wildman–Crippen LogP) is 5.28. The highest BCUT2D eigenvalue weighted by atomic mass is 32.2. The van der Waals surface area contributed by atoms with Gasteiger partial charge in [-0.15, -0.1) is 0 Å². The van der Waals surface area contributed by atoms with Crippen LogP contribution in [0.25, 0.3) is 22.2 Å². The molecular weight excluding hydrogens is 468 g/mol. The van der Waals surface area contributed by atoms with E-state index in [1.807, 2.05) is 66.7 Å². The van der Waals surface area contributed by atoms with Crippen LogP contribution in [-0.4, -0.2) is 42.3 Å². The number of hydrogen-bond acceptors (Lipinski definition) is 5. The second-order valence-electron chi connectivity index (χ2n) is 9.90. The van der Waals surface area contributed by atoms with Gasteiger partial charge in [-0.2, -0.15) is 4.31 Å². The maximum atomic E-state index is 13.9. The Balaban J connectivity index is 1.42. The molecule has 0 spiro atoms. The molecule has 3 aromatic carbocycles. The number of fused-ring (bicyclic) bond motifs is 2. The van der Waals surface area contributed by atoms with Crippen molar-refractivity contribution in [2.24, 2.45) is 5.92 Å². The Morgan fingerprint density at radius 3 is 2.36 bits per heavy atom. The molecule has 0 unspecified atom stereocenters. The smallest absolute Gasteiger partial charge is 0.244 e. The summed E-state index contributed by atoms with van der Waals surface area (Å²) in [7, 11) is -3.69. The van der Waals surface area contributed by atoms with E-state index in [0.29, 0.717) is 29.6 Å². The third-order valence-corrected chi connectivity index (χ3v) is 9.39. The second kappa shape index (κ2) is 9.30. The lowest BCUT2D eigenvalue weighted by Crippen LogP contribution is -2.40. The third-order valence-electron chi connectivity index (χ3n) is 7.49. The van der Waals surface area contributed by atoms with Crippen molar-refractivity contribution in [1.82, 2.24) is 14.3 Å². The topological polar surface area (TPSA) is 66.4 Å². The van der Waals surface area contributed by atoms with E-state index in [4.69, 9.17) is 9.97 Å². The van der Waals surface area contributed by atoms with Gasteiger partial charge < -0.3 is 4.90 Å². The molecule has 1 saturated heterocycles. The van der Waals surface area contributed by atoms with Crippen molar-refractivity contribution in [1.29, 1.82) is 0 Å². The zero-order valence-corrected chi connectivity index (χ0v) is 21.3. The molecule has 6 nitrogen and oxygen atoms in total. The standard InChI is InChI=1S/C29H30N4O2S/c1-21-14-17-32(18-15-21)29-25-20-33(19-16-26(25)30-28(31-29)23-9-3-2-4-10-23)36(34,35)27-13-7-11-22-8-5-6-12-24(22)27/h2-13,21H,14-20H2,1H3. The molecule has 0 bridgehead atoms. The number of benzene rings is 3. The number of hydrogen-bond donors (Lipinski definition) is 0. The molecule has 7 heteroatoms. The van der Waals surface area contributed by atoms with Gasteiger partial charge in [0.2, 0.25) is 10.0 Å². The molecule has 0 radical (unpaired) electrons. The highest BCUT2D eigenvalue weighted by molar-refractivity contribution is 7.89. The first-order chi connectivity index (χ1) is 17.5. The summed E-state index contributed by atoms with van der Waals surface area (Å²) in [5, 5.41) is 1.68. The SMILES string of the molecule is CC1CCN(c2nc(-c3ccccc3)nc3c2CN(S(=O)(=O)c2cccc4ccccc24)CC3)CC1. The molecule has 0 amide bonds. The van der Waals surface area contributed by atoms with Crippen molar-refractivity contribution in [3.05, 3.63) is 84.1 Å². The lowest BCUT2D eigenvalue weighted by Gasteiger charge is -2.35.